The lowest BCUT2D eigenvalue weighted by Crippen LogP contribution is -2.44. The first-order valence-corrected chi connectivity index (χ1v) is 13.4. The standard InChI is InChI=1S/C17H19N9.C10H18N2O/c1-10-5-14(11(2)18-6-10)22-15-13-8-19-17(23-16(13)26(4)24-15)21-12-7-20-25(3)9-12;13-9-11-6-8-12-7-2-1-3-10(12)4-5-10/h5-9H,1-4H3,(H,22,24)(H,19,21,23);9H,1-8H2,(H,11,13). The molecule has 1 amide bonds. The van der Waals surface area contributed by atoms with Gasteiger partial charge in [0, 0.05) is 51.3 Å². The average Bonchev–Trinajstić information content (AvgIpc) is 3.47. The molecule has 2 fully saturated rings. The fourth-order valence-corrected chi connectivity index (χ4v) is 5.17. The summed E-state index contributed by atoms with van der Waals surface area (Å²) < 4.78 is 3.44. The molecule has 1 saturated carbocycles. The molecular weight excluding hydrogens is 494 g/mol. The maximum absolute atomic E-state index is 10.1. The van der Waals surface area contributed by atoms with E-state index in [2.05, 4.69) is 46.0 Å². The molecule has 0 atom stereocenters. The number of aromatic nitrogens is 7. The Labute approximate surface area is 228 Å². The Hall–Kier alpha value is -4.06. The lowest BCUT2D eigenvalue weighted by Gasteiger charge is -2.36. The summed E-state index contributed by atoms with van der Waals surface area (Å²) in [5.41, 5.74) is 5.04. The highest BCUT2D eigenvalue weighted by atomic mass is 16.1. The number of hydrogen-bond acceptors (Lipinski definition) is 9. The van der Waals surface area contributed by atoms with Crippen LogP contribution in [0, 0.1) is 13.8 Å². The zero-order valence-corrected chi connectivity index (χ0v) is 23.1. The first kappa shape index (κ1) is 26.5. The first-order chi connectivity index (χ1) is 18.9. The molecule has 1 spiro atoms. The Morgan fingerprint density at radius 2 is 1.90 bits per heavy atom. The van der Waals surface area contributed by atoms with Crippen molar-refractivity contribution in [1.29, 1.82) is 0 Å². The average molecular weight is 532 g/mol. The zero-order valence-electron chi connectivity index (χ0n) is 23.1. The Morgan fingerprint density at radius 3 is 2.64 bits per heavy atom. The molecule has 3 N–H and O–H groups in total. The van der Waals surface area contributed by atoms with E-state index in [0.717, 1.165) is 53.2 Å². The van der Waals surface area contributed by atoms with Gasteiger partial charge in [-0.1, -0.05) is 6.42 Å². The van der Waals surface area contributed by atoms with Crippen LogP contribution in [0.2, 0.25) is 0 Å². The van der Waals surface area contributed by atoms with E-state index >= 15 is 0 Å². The summed E-state index contributed by atoms with van der Waals surface area (Å²) >= 11 is 0. The highest BCUT2D eigenvalue weighted by molar-refractivity contribution is 5.89. The quantitative estimate of drug-likeness (QED) is 0.231. The summed E-state index contributed by atoms with van der Waals surface area (Å²) in [6, 6.07) is 2.04. The summed E-state index contributed by atoms with van der Waals surface area (Å²) in [4.78, 5) is 26.0. The molecule has 0 unspecified atom stereocenters. The van der Waals surface area contributed by atoms with Gasteiger partial charge in [0.2, 0.25) is 12.4 Å². The van der Waals surface area contributed by atoms with Gasteiger partial charge >= 0.3 is 0 Å². The Balaban J connectivity index is 0.000000198. The molecule has 39 heavy (non-hydrogen) atoms. The van der Waals surface area contributed by atoms with Gasteiger partial charge in [-0.15, -0.1) is 0 Å². The van der Waals surface area contributed by atoms with Crippen LogP contribution in [0.1, 0.15) is 43.4 Å². The number of piperidine rings is 1. The van der Waals surface area contributed by atoms with Gasteiger partial charge < -0.3 is 16.0 Å². The smallest absolute Gasteiger partial charge is 0.229 e. The molecule has 0 aromatic carbocycles. The van der Waals surface area contributed by atoms with Crippen molar-refractivity contribution in [3.8, 4) is 0 Å². The van der Waals surface area contributed by atoms with Gasteiger partial charge in [-0.25, -0.2) is 9.67 Å². The van der Waals surface area contributed by atoms with Gasteiger partial charge in [-0.2, -0.15) is 15.2 Å². The summed E-state index contributed by atoms with van der Waals surface area (Å²) in [6.45, 7) is 7.05. The summed E-state index contributed by atoms with van der Waals surface area (Å²) in [5.74, 6) is 1.19. The van der Waals surface area contributed by atoms with Gasteiger partial charge in [-0.3, -0.25) is 19.4 Å². The number of hydrogen-bond donors (Lipinski definition) is 3. The predicted octanol–water partition coefficient (Wildman–Crippen LogP) is 3.35. The lowest BCUT2D eigenvalue weighted by molar-refractivity contribution is -0.109. The maximum atomic E-state index is 10.1. The lowest BCUT2D eigenvalue weighted by atomic mass is 10.0. The fourth-order valence-electron chi connectivity index (χ4n) is 5.17. The van der Waals surface area contributed by atoms with E-state index in [1.165, 1.54) is 38.6 Å². The third-order valence-electron chi connectivity index (χ3n) is 7.45. The predicted molar refractivity (Wildman–Crippen MR) is 151 cm³/mol. The van der Waals surface area contributed by atoms with Gasteiger partial charge in [-0.05, 0) is 57.7 Å². The molecule has 0 bridgehead atoms. The number of likely N-dealkylation sites (tertiary alicyclic amines) is 1. The number of aryl methyl sites for hydroxylation is 4. The minimum absolute atomic E-state index is 0.494. The van der Waals surface area contributed by atoms with Gasteiger partial charge in [0.1, 0.15) is 0 Å². The number of nitrogens with zero attached hydrogens (tertiary/aromatic N) is 8. The van der Waals surface area contributed by atoms with Crippen LogP contribution in [-0.2, 0) is 18.9 Å². The summed E-state index contributed by atoms with van der Waals surface area (Å²) in [6.07, 6.45) is 14.9. The number of anilines is 4. The van der Waals surface area contributed by atoms with Crippen LogP contribution in [-0.4, -0.2) is 71.0 Å². The van der Waals surface area contributed by atoms with Crippen molar-refractivity contribution in [2.24, 2.45) is 14.1 Å². The second kappa shape index (κ2) is 11.4. The molecule has 206 valence electrons. The molecule has 1 aliphatic heterocycles. The molecule has 12 nitrogen and oxygen atoms in total. The highest BCUT2D eigenvalue weighted by Crippen LogP contribution is 2.47. The normalized spacial score (nSPS) is 16.0. The van der Waals surface area contributed by atoms with Crippen molar-refractivity contribution in [2.75, 3.05) is 30.3 Å². The molecule has 12 heteroatoms. The zero-order chi connectivity index (χ0) is 27.4. The van der Waals surface area contributed by atoms with Crippen LogP contribution < -0.4 is 16.0 Å². The van der Waals surface area contributed by atoms with Crippen LogP contribution >= 0.6 is 0 Å². The number of nitrogens with one attached hydrogen (secondary N) is 3. The van der Waals surface area contributed by atoms with Crippen LogP contribution in [0.15, 0.2) is 30.9 Å². The van der Waals surface area contributed by atoms with E-state index in [0.29, 0.717) is 17.3 Å². The topological polar surface area (TPSA) is 131 Å². The molecule has 5 heterocycles. The van der Waals surface area contributed by atoms with Crippen LogP contribution in [0.25, 0.3) is 11.0 Å². The number of amides is 1. The number of pyridine rings is 1. The maximum Gasteiger partial charge on any atom is 0.229 e. The van der Waals surface area contributed by atoms with E-state index in [9.17, 15) is 4.79 Å². The van der Waals surface area contributed by atoms with Crippen LogP contribution in [0.4, 0.5) is 23.1 Å². The molecule has 4 aromatic heterocycles. The van der Waals surface area contributed by atoms with Crippen molar-refractivity contribution >= 4 is 40.6 Å². The van der Waals surface area contributed by atoms with E-state index in [1.54, 1.807) is 21.8 Å². The number of carbonyl (C=O) groups excluding carboxylic acids is 1. The van der Waals surface area contributed by atoms with E-state index in [4.69, 9.17) is 0 Å². The van der Waals surface area contributed by atoms with Crippen LogP contribution in [0.5, 0.6) is 0 Å². The largest absolute Gasteiger partial charge is 0.357 e. The van der Waals surface area contributed by atoms with Gasteiger partial charge in [0.25, 0.3) is 0 Å². The Morgan fingerprint density at radius 1 is 1.05 bits per heavy atom. The van der Waals surface area contributed by atoms with Gasteiger partial charge in [0.15, 0.2) is 11.5 Å². The van der Waals surface area contributed by atoms with E-state index < -0.39 is 0 Å². The second-order valence-electron chi connectivity index (χ2n) is 10.4. The van der Waals surface area contributed by atoms with Gasteiger partial charge in [0.05, 0.1) is 28.7 Å². The third kappa shape index (κ3) is 6.17. The molecule has 1 saturated heterocycles. The third-order valence-corrected chi connectivity index (χ3v) is 7.45. The number of rotatable bonds is 8. The summed E-state index contributed by atoms with van der Waals surface area (Å²) in [7, 11) is 3.71. The molecule has 0 radical (unpaired) electrons. The minimum Gasteiger partial charge on any atom is -0.357 e. The Kier molecular flexibility index (Phi) is 7.73. The van der Waals surface area contributed by atoms with Crippen molar-refractivity contribution in [3.05, 3.63) is 42.1 Å². The minimum atomic E-state index is 0.494. The molecular formula is C27H37N11O. The van der Waals surface area contributed by atoms with Crippen LogP contribution in [0.3, 0.4) is 0 Å². The molecule has 4 aromatic rings. The monoisotopic (exact) mass is 531 g/mol. The Bertz CT molecular complexity index is 1440. The second-order valence-corrected chi connectivity index (χ2v) is 10.4. The van der Waals surface area contributed by atoms with Crippen molar-refractivity contribution in [2.45, 2.75) is 51.5 Å². The molecule has 1 aliphatic carbocycles. The van der Waals surface area contributed by atoms with Crippen molar-refractivity contribution < 1.29 is 4.79 Å². The molecule has 6 rings (SSSR count). The highest BCUT2D eigenvalue weighted by Gasteiger charge is 2.48. The van der Waals surface area contributed by atoms with E-state index in [1.807, 2.05) is 46.4 Å². The van der Waals surface area contributed by atoms with E-state index in [-0.39, 0.29) is 0 Å². The molecule has 2 aliphatic rings. The SMILES string of the molecule is Cc1cnc(C)c(Nc2nn(C)c3nc(Nc4cnn(C)c4)ncc23)c1.O=CNCCN1CCCCC12CC2. The van der Waals surface area contributed by atoms with Crippen molar-refractivity contribution in [3.63, 3.8) is 0 Å². The fraction of sp³-hybridized carbons (Fsp3) is 0.481. The van der Waals surface area contributed by atoms with Crippen molar-refractivity contribution in [1.82, 2.24) is 44.7 Å². The number of carbonyl (C=O) groups is 1. The summed E-state index contributed by atoms with van der Waals surface area (Å²) in [5, 5.41) is 18.7. The number of fused-ring (bicyclic) bond motifs is 1. The first-order valence-electron chi connectivity index (χ1n) is 13.4.